The molecule has 0 saturated heterocycles. The molecule has 0 atom stereocenters. The second-order valence-electron chi connectivity index (χ2n) is 17.3. The molecule has 0 bridgehead atoms. The van der Waals surface area contributed by atoms with Crippen LogP contribution in [-0.4, -0.2) is 35.4 Å². The van der Waals surface area contributed by atoms with Crippen molar-refractivity contribution in [3.8, 4) is 11.5 Å². The van der Waals surface area contributed by atoms with Crippen molar-refractivity contribution in [2.75, 3.05) is 0 Å². The molecule has 1 heterocycles. The number of hydrogen-bond acceptors (Lipinski definition) is 5. The van der Waals surface area contributed by atoms with Gasteiger partial charge in [-0.15, -0.1) is 0 Å². The Hall–Kier alpha value is -2.50. The van der Waals surface area contributed by atoms with Crippen LogP contribution >= 0.6 is 0 Å². The minimum absolute atomic E-state index is 0.00120. The maximum Gasteiger partial charge on any atom is 0.134 e. The fourth-order valence-electron chi connectivity index (χ4n) is 6.67. The Morgan fingerprint density at radius 2 is 1.32 bits per heavy atom. The van der Waals surface area contributed by atoms with Crippen LogP contribution in [0.25, 0.3) is 11.0 Å². The molecule has 2 fully saturated rings. The zero-order valence-corrected chi connectivity index (χ0v) is 29.1. The predicted molar refractivity (Wildman–Crippen MR) is 183 cm³/mol. The summed E-state index contributed by atoms with van der Waals surface area (Å²) < 4.78 is 18.7. The van der Waals surface area contributed by atoms with Gasteiger partial charge in [0.25, 0.3) is 0 Å². The number of fused-ring (bicyclic) bond motifs is 1. The zero-order chi connectivity index (χ0) is 31.9. The van der Waals surface area contributed by atoms with Gasteiger partial charge in [-0.1, -0.05) is 46.8 Å². The average molecular weight is 603 g/mol. The SMILES string of the molecule is CC(C)(CCC(C)(C)N[C@H]1C[C@H](Oc2ccc3oc(C(C)(C)C)cc3c2)C1)Cc1cccc(O[C@H]2C[C@@H](NC(C)(C)C)C2)c1. The highest BCUT2D eigenvalue weighted by Crippen LogP contribution is 2.36. The second-order valence-corrected chi connectivity index (χ2v) is 17.3. The summed E-state index contributed by atoms with van der Waals surface area (Å²) in [6.45, 7) is 22.7. The Morgan fingerprint density at radius 3 is 1.93 bits per heavy atom. The molecule has 0 amide bonds. The minimum Gasteiger partial charge on any atom is -0.490 e. The molecule has 0 aliphatic heterocycles. The largest absolute Gasteiger partial charge is 0.490 e. The van der Waals surface area contributed by atoms with Crippen molar-refractivity contribution >= 4 is 11.0 Å². The number of rotatable bonds is 12. The standard InChI is InChI=1S/C39H58N2O3/c1-36(2,3)35-20-27-19-31(14-15-34(27)44-35)43-33-23-29(24-33)41-39(9,10)17-16-38(7,8)25-26-12-11-13-30(18-26)42-32-21-28(22-32)40-37(4,5)6/h11-15,18-20,28-29,32-33,40-41H,16-17,21-25H2,1-10H3/t28-,29-,32+,33-. The van der Waals surface area contributed by atoms with E-state index in [1.807, 2.05) is 12.1 Å². The van der Waals surface area contributed by atoms with Gasteiger partial charge in [0.1, 0.15) is 35.1 Å². The van der Waals surface area contributed by atoms with Crippen LogP contribution in [0.5, 0.6) is 11.5 Å². The third-order valence-electron chi connectivity index (χ3n) is 9.26. The molecule has 5 heteroatoms. The van der Waals surface area contributed by atoms with E-state index >= 15 is 0 Å². The molecule has 242 valence electrons. The van der Waals surface area contributed by atoms with Crippen molar-refractivity contribution in [3.05, 3.63) is 59.9 Å². The molecule has 3 aromatic rings. The molecule has 1 aromatic heterocycles. The van der Waals surface area contributed by atoms with E-state index in [2.05, 4.69) is 116 Å². The highest BCUT2D eigenvalue weighted by atomic mass is 16.5. The van der Waals surface area contributed by atoms with Crippen LogP contribution in [0.2, 0.25) is 0 Å². The fourth-order valence-corrected chi connectivity index (χ4v) is 6.67. The smallest absolute Gasteiger partial charge is 0.134 e. The van der Waals surface area contributed by atoms with Crippen LogP contribution in [0.1, 0.15) is 119 Å². The molecule has 5 nitrogen and oxygen atoms in total. The Kier molecular flexibility index (Phi) is 9.24. The lowest BCUT2D eigenvalue weighted by Gasteiger charge is -2.42. The zero-order valence-electron chi connectivity index (χ0n) is 29.1. The average Bonchev–Trinajstić information content (AvgIpc) is 3.29. The molecule has 2 aliphatic rings. The molecule has 0 unspecified atom stereocenters. The summed E-state index contributed by atoms with van der Waals surface area (Å²) in [5, 5.41) is 8.74. The van der Waals surface area contributed by atoms with Crippen molar-refractivity contribution in [1.29, 1.82) is 0 Å². The van der Waals surface area contributed by atoms with E-state index in [1.54, 1.807) is 0 Å². The lowest BCUT2D eigenvalue weighted by molar-refractivity contribution is 0.0681. The highest BCUT2D eigenvalue weighted by molar-refractivity contribution is 5.79. The maximum atomic E-state index is 6.35. The lowest BCUT2D eigenvalue weighted by atomic mass is 9.77. The number of ether oxygens (including phenoxy) is 2. The van der Waals surface area contributed by atoms with Crippen LogP contribution < -0.4 is 20.1 Å². The molecule has 2 aliphatic carbocycles. The Labute approximate surface area is 266 Å². The van der Waals surface area contributed by atoms with Gasteiger partial charge in [0, 0.05) is 34.0 Å². The number of hydrogen-bond donors (Lipinski definition) is 2. The number of benzene rings is 2. The third-order valence-corrected chi connectivity index (χ3v) is 9.26. The van der Waals surface area contributed by atoms with Crippen molar-refractivity contribution in [2.45, 2.75) is 155 Å². The van der Waals surface area contributed by atoms with Crippen LogP contribution in [0.15, 0.2) is 52.9 Å². The molecule has 5 rings (SSSR count). The summed E-state index contributed by atoms with van der Waals surface area (Å²) >= 11 is 0. The minimum atomic E-state index is -0.00120. The van der Waals surface area contributed by atoms with E-state index in [1.165, 1.54) is 5.56 Å². The molecule has 0 radical (unpaired) electrons. The summed E-state index contributed by atoms with van der Waals surface area (Å²) in [5.41, 5.74) is 2.74. The van der Waals surface area contributed by atoms with Gasteiger partial charge in [-0.05, 0) is 127 Å². The van der Waals surface area contributed by atoms with Gasteiger partial charge in [-0.3, -0.25) is 0 Å². The van der Waals surface area contributed by atoms with Crippen LogP contribution in [-0.2, 0) is 11.8 Å². The van der Waals surface area contributed by atoms with E-state index in [4.69, 9.17) is 13.9 Å². The Bertz CT molecular complexity index is 1390. The molecule has 44 heavy (non-hydrogen) atoms. The summed E-state index contributed by atoms with van der Waals surface area (Å²) in [5.74, 6) is 2.96. The Balaban J connectivity index is 1.04. The topological polar surface area (TPSA) is 55.7 Å². The summed E-state index contributed by atoms with van der Waals surface area (Å²) in [7, 11) is 0. The number of nitrogens with one attached hydrogen (secondary N) is 2. The molecule has 0 spiro atoms. The van der Waals surface area contributed by atoms with Gasteiger partial charge in [-0.2, -0.15) is 0 Å². The van der Waals surface area contributed by atoms with E-state index < -0.39 is 0 Å². The fraction of sp³-hybridized carbons (Fsp3) is 0.641. The molecular formula is C39H58N2O3. The van der Waals surface area contributed by atoms with E-state index in [0.717, 1.165) is 73.2 Å². The predicted octanol–water partition coefficient (Wildman–Crippen LogP) is 9.36. The normalized spacial score (nSPS) is 22.9. The summed E-state index contributed by atoms with van der Waals surface area (Å²) in [6.07, 6.45) is 8.20. The van der Waals surface area contributed by atoms with Gasteiger partial charge >= 0.3 is 0 Å². The monoisotopic (exact) mass is 602 g/mol. The van der Waals surface area contributed by atoms with Gasteiger partial charge in [0.15, 0.2) is 0 Å². The third kappa shape index (κ3) is 9.03. The van der Waals surface area contributed by atoms with Crippen molar-refractivity contribution < 1.29 is 13.9 Å². The van der Waals surface area contributed by atoms with E-state index in [9.17, 15) is 0 Å². The molecule has 2 N–H and O–H groups in total. The van der Waals surface area contributed by atoms with Crippen LogP contribution in [0.3, 0.4) is 0 Å². The van der Waals surface area contributed by atoms with Crippen molar-refractivity contribution in [2.24, 2.45) is 5.41 Å². The summed E-state index contributed by atoms with van der Waals surface area (Å²) in [4.78, 5) is 0. The maximum absolute atomic E-state index is 6.35. The highest BCUT2D eigenvalue weighted by Gasteiger charge is 2.36. The quantitative estimate of drug-likeness (QED) is 0.216. The molecular weight excluding hydrogens is 544 g/mol. The van der Waals surface area contributed by atoms with Gasteiger partial charge in [0.2, 0.25) is 0 Å². The van der Waals surface area contributed by atoms with Gasteiger partial charge in [-0.25, -0.2) is 0 Å². The first kappa shape index (κ1) is 32.9. The summed E-state index contributed by atoms with van der Waals surface area (Å²) in [6, 6.07) is 18.2. The second kappa shape index (κ2) is 12.4. The molecule has 2 aromatic carbocycles. The van der Waals surface area contributed by atoms with Gasteiger partial charge in [0.05, 0.1) is 0 Å². The van der Waals surface area contributed by atoms with Crippen molar-refractivity contribution in [3.63, 3.8) is 0 Å². The van der Waals surface area contributed by atoms with E-state index in [-0.39, 0.29) is 28.0 Å². The number of furan rings is 1. The van der Waals surface area contributed by atoms with Crippen LogP contribution in [0, 0.1) is 5.41 Å². The first-order chi connectivity index (χ1) is 20.4. The molecule has 2 saturated carbocycles. The van der Waals surface area contributed by atoms with Crippen molar-refractivity contribution in [1.82, 2.24) is 10.6 Å². The lowest BCUT2D eigenvalue weighted by Crippen LogP contribution is -2.54. The van der Waals surface area contributed by atoms with Gasteiger partial charge < -0.3 is 24.5 Å². The first-order valence-electron chi connectivity index (χ1n) is 16.9. The first-order valence-corrected chi connectivity index (χ1v) is 16.9. The Morgan fingerprint density at radius 1 is 0.705 bits per heavy atom. The van der Waals surface area contributed by atoms with Crippen LogP contribution in [0.4, 0.5) is 0 Å². The van der Waals surface area contributed by atoms with E-state index in [0.29, 0.717) is 18.2 Å².